The average Bonchev–Trinajstić information content (AvgIpc) is 3.18. The summed E-state index contributed by atoms with van der Waals surface area (Å²) in [5.41, 5.74) is 3.31. The molecule has 0 unspecified atom stereocenters. The van der Waals surface area contributed by atoms with E-state index >= 15 is 0 Å². The summed E-state index contributed by atoms with van der Waals surface area (Å²) in [5, 5.41) is 11.0. The van der Waals surface area contributed by atoms with Gasteiger partial charge in [-0.25, -0.2) is 13.4 Å². The number of hydrazine groups is 1. The van der Waals surface area contributed by atoms with Gasteiger partial charge in [0.1, 0.15) is 5.69 Å². The molecule has 0 aliphatic heterocycles. The number of imidazole rings is 1. The minimum Gasteiger partial charge on any atom is -0.295 e. The molecule has 0 aliphatic carbocycles. The number of rotatable bonds is 6. The maximum atomic E-state index is 12.6. The van der Waals surface area contributed by atoms with E-state index < -0.39 is 20.9 Å². The molecule has 3 aromatic rings. The first-order chi connectivity index (χ1) is 13.7. The molecule has 0 spiro atoms. The van der Waals surface area contributed by atoms with E-state index in [-0.39, 0.29) is 16.3 Å². The molecule has 10 nitrogen and oxygen atoms in total. The summed E-state index contributed by atoms with van der Waals surface area (Å²) in [6, 6.07) is 11.1. The number of nitrogens with one attached hydrogen (secondary N) is 2. The van der Waals surface area contributed by atoms with E-state index in [9.17, 15) is 23.3 Å². The summed E-state index contributed by atoms with van der Waals surface area (Å²) in [5.74, 6) is -0.741. The van der Waals surface area contributed by atoms with Gasteiger partial charge in [0.2, 0.25) is 0 Å². The standard InChI is InChI=1S/C18H17N5O5S/c1-12-8-15(23(25)26)9-17(13(12)2)29(27,28)21-20-18(24)16-10-19-11-22(16)14-6-4-3-5-7-14/h3-11,21H,1-2H3,(H,20,24). The van der Waals surface area contributed by atoms with Crippen LogP contribution in [0.15, 0.2) is 59.9 Å². The third-order valence-corrected chi connectivity index (χ3v) is 5.68. The number of aromatic nitrogens is 2. The molecule has 0 radical (unpaired) electrons. The van der Waals surface area contributed by atoms with Crippen molar-refractivity contribution < 1.29 is 18.1 Å². The number of nitro benzene ring substituents is 1. The van der Waals surface area contributed by atoms with Crippen LogP contribution in [0.4, 0.5) is 5.69 Å². The molecule has 0 bridgehead atoms. The van der Waals surface area contributed by atoms with Crippen molar-refractivity contribution in [2.24, 2.45) is 0 Å². The van der Waals surface area contributed by atoms with Gasteiger partial charge in [0.15, 0.2) is 0 Å². The molecule has 2 N–H and O–H groups in total. The number of para-hydroxylation sites is 1. The highest BCUT2D eigenvalue weighted by atomic mass is 32.2. The van der Waals surface area contributed by atoms with Crippen LogP contribution in [-0.4, -0.2) is 28.8 Å². The van der Waals surface area contributed by atoms with Crippen LogP contribution >= 0.6 is 0 Å². The van der Waals surface area contributed by atoms with Crippen molar-refractivity contribution in [3.8, 4) is 5.69 Å². The lowest BCUT2D eigenvalue weighted by molar-refractivity contribution is -0.385. The summed E-state index contributed by atoms with van der Waals surface area (Å²) in [6.07, 6.45) is 2.71. The normalized spacial score (nSPS) is 11.2. The summed E-state index contributed by atoms with van der Waals surface area (Å²) >= 11 is 0. The van der Waals surface area contributed by atoms with Gasteiger partial charge in [-0.15, -0.1) is 4.83 Å². The fourth-order valence-corrected chi connectivity index (χ4v) is 3.86. The Hall–Kier alpha value is -3.57. The van der Waals surface area contributed by atoms with Crippen molar-refractivity contribution in [1.29, 1.82) is 0 Å². The van der Waals surface area contributed by atoms with Gasteiger partial charge in [0.25, 0.3) is 21.6 Å². The van der Waals surface area contributed by atoms with Crippen LogP contribution in [0.5, 0.6) is 0 Å². The van der Waals surface area contributed by atoms with Crippen LogP contribution < -0.4 is 10.3 Å². The van der Waals surface area contributed by atoms with E-state index in [1.165, 1.54) is 30.1 Å². The monoisotopic (exact) mass is 415 g/mol. The minimum atomic E-state index is -4.25. The second-order valence-corrected chi connectivity index (χ2v) is 7.84. The zero-order chi connectivity index (χ0) is 21.2. The van der Waals surface area contributed by atoms with Crippen molar-refractivity contribution in [1.82, 2.24) is 19.8 Å². The molecule has 0 fully saturated rings. The van der Waals surface area contributed by atoms with Gasteiger partial charge >= 0.3 is 0 Å². The molecular formula is C18H17N5O5S. The van der Waals surface area contributed by atoms with E-state index in [1.807, 2.05) is 10.9 Å². The van der Waals surface area contributed by atoms with Gasteiger partial charge in [-0.3, -0.25) is 24.9 Å². The predicted molar refractivity (Wildman–Crippen MR) is 104 cm³/mol. The van der Waals surface area contributed by atoms with Crippen LogP contribution in [-0.2, 0) is 10.0 Å². The SMILES string of the molecule is Cc1cc([N+](=O)[O-])cc(S(=O)(=O)NNC(=O)c2cncn2-c2ccccc2)c1C. The first kappa shape index (κ1) is 20.2. The molecule has 3 rings (SSSR count). The van der Waals surface area contributed by atoms with Crippen molar-refractivity contribution in [2.45, 2.75) is 18.7 Å². The maximum absolute atomic E-state index is 12.6. The van der Waals surface area contributed by atoms with Crippen molar-refractivity contribution in [3.05, 3.63) is 81.9 Å². The Labute approximate surface area is 166 Å². The van der Waals surface area contributed by atoms with Crippen LogP contribution in [0.1, 0.15) is 21.6 Å². The lowest BCUT2D eigenvalue weighted by atomic mass is 10.1. The fraction of sp³-hybridized carbons (Fsp3) is 0.111. The molecule has 150 valence electrons. The molecule has 2 aromatic carbocycles. The lowest BCUT2D eigenvalue weighted by Gasteiger charge is -2.13. The molecular weight excluding hydrogens is 398 g/mol. The Balaban J connectivity index is 1.85. The quantitative estimate of drug-likeness (QED) is 0.467. The summed E-state index contributed by atoms with van der Waals surface area (Å²) < 4.78 is 26.8. The number of aryl methyl sites for hydroxylation is 1. The Bertz CT molecular complexity index is 1190. The molecule has 29 heavy (non-hydrogen) atoms. The topological polar surface area (TPSA) is 136 Å². The first-order valence-electron chi connectivity index (χ1n) is 8.36. The third kappa shape index (κ3) is 4.15. The molecule has 0 saturated heterocycles. The smallest absolute Gasteiger partial charge is 0.284 e. The number of sulfonamides is 1. The second kappa shape index (κ2) is 7.81. The Morgan fingerprint density at radius 2 is 1.86 bits per heavy atom. The Kier molecular flexibility index (Phi) is 5.43. The number of hydrogen-bond donors (Lipinski definition) is 2. The third-order valence-electron chi connectivity index (χ3n) is 4.31. The van der Waals surface area contributed by atoms with E-state index in [1.54, 1.807) is 31.2 Å². The van der Waals surface area contributed by atoms with Crippen molar-refractivity contribution >= 4 is 21.6 Å². The van der Waals surface area contributed by atoms with Gasteiger partial charge < -0.3 is 0 Å². The Morgan fingerprint density at radius 1 is 1.17 bits per heavy atom. The lowest BCUT2D eigenvalue weighted by Crippen LogP contribution is -2.42. The van der Waals surface area contributed by atoms with Crippen LogP contribution in [0.2, 0.25) is 0 Å². The predicted octanol–water partition coefficient (Wildman–Crippen LogP) is 2.02. The fourth-order valence-electron chi connectivity index (χ4n) is 2.68. The van der Waals surface area contributed by atoms with Gasteiger partial charge in [-0.2, -0.15) is 0 Å². The van der Waals surface area contributed by atoms with Crippen molar-refractivity contribution in [3.63, 3.8) is 0 Å². The van der Waals surface area contributed by atoms with Gasteiger partial charge in [0, 0.05) is 17.8 Å². The molecule has 11 heteroatoms. The molecule has 1 amide bonds. The van der Waals surface area contributed by atoms with Crippen LogP contribution in [0.25, 0.3) is 5.69 Å². The summed E-state index contributed by atoms with van der Waals surface area (Å²) in [7, 11) is -4.25. The van der Waals surface area contributed by atoms with E-state index in [0.717, 1.165) is 6.07 Å². The molecule has 1 aromatic heterocycles. The zero-order valence-corrected chi connectivity index (χ0v) is 16.3. The zero-order valence-electron chi connectivity index (χ0n) is 15.5. The van der Waals surface area contributed by atoms with E-state index in [0.29, 0.717) is 16.8 Å². The highest BCUT2D eigenvalue weighted by Crippen LogP contribution is 2.25. The van der Waals surface area contributed by atoms with Gasteiger partial charge in [0.05, 0.1) is 22.3 Å². The number of carbonyl (C=O) groups excluding carboxylic acids is 1. The van der Waals surface area contributed by atoms with Gasteiger partial charge in [-0.1, -0.05) is 18.2 Å². The van der Waals surface area contributed by atoms with Crippen LogP contribution in [0, 0.1) is 24.0 Å². The Morgan fingerprint density at radius 3 is 2.52 bits per heavy atom. The number of non-ortho nitro benzene ring substituents is 1. The molecule has 0 atom stereocenters. The second-order valence-electron chi connectivity index (χ2n) is 6.19. The highest BCUT2D eigenvalue weighted by Gasteiger charge is 2.24. The van der Waals surface area contributed by atoms with Gasteiger partial charge in [-0.05, 0) is 37.1 Å². The first-order valence-corrected chi connectivity index (χ1v) is 9.84. The number of benzene rings is 2. The maximum Gasteiger partial charge on any atom is 0.284 e. The summed E-state index contributed by atoms with van der Waals surface area (Å²) in [6.45, 7) is 3.10. The van der Waals surface area contributed by atoms with E-state index in [2.05, 4.69) is 10.4 Å². The summed E-state index contributed by atoms with van der Waals surface area (Å²) in [4.78, 5) is 28.5. The molecule has 0 saturated carbocycles. The molecule has 1 heterocycles. The van der Waals surface area contributed by atoms with Crippen LogP contribution in [0.3, 0.4) is 0 Å². The largest absolute Gasteiger partial charge is 0.295 e. The highest BCUT2D eigenvalue weighted by molar-refractivity contribution is 7.89. The number of hydrogen-bond acceptors (Lipinski definition) is 6. The van der Waals surface area contributed by atoms with E-state index in [4.69, 9.17) is 0 Å². The average molecular weight is 415 g/mol. The number of amides is 1. The minimum absolute atomic E-state index is 0.103. The molecule has 0 aliphatic rings. The number of nitro groups is 1. The number of nitrogens with zero attached hydrogens (tertiary/aromatic N) is 3. The van der Waals surface area contributed by atoms with Crippen molar-refractivity contribution in [2.75, 3.05) is 0 Å². The number of carbonyl (C=O) groups is 1.